The molecule has 0 bridgehead atoms. The summed E-state index contributed by atoms with van der Waals surface area (Å²) in [5.74, 6) is -0.498. The van der Waals surface area contributed by atoms with Crippen molar-refractivity contribution in [3.8, 4) is 0 Å². The van der Waals surface area contributed by atoms with Crippen LogP contribution in [0, 0.1) is 0 Å². The number of aliphatic hydroxyl groups excluding tert-OH is 2. The van der Waals surface area contributed by atoms with Crippen molar-refractivity contribution in [2.45, 2.75) is 24.7 Å². The van der Waals surface area contributed by atoms with Gasteiger partial charge in [-0.1, -0.05) is 54.6 Å². The van der Waals surface area contributed by atoms with Crippen molar-refractivity contribution < 1.29 is 15.0 Å². The number of benzene rings is 2. The zero-order chi connectivity index (χ0) is 14.8. The fraction of sp³-hybridized carbons (Fsp3) is 0.235. The molecule has 2 aromatic carbocycles. The van der Waals surface area contributed by atoms with Crippen molar-refractivity contribution in [1.82, 2.24) is 5.32 Å². The highest BCUT2D eigenvalue weighted by Crippen LogP contribution is 2.31. The van der Waals surface area contributed by atoms with E-state index in [1.165, 1.54) is 0 Å². The summed E-state index contributed by atoms with van der Waals surface area (Å²) >= 11 is 0. The lowest BCUT2D eigenvalue weighted by Gasteiger charge is -2.20. The summed E-state index contributed by atoms with van der Waals surface area (Å²) in [6.07, 6.45) is -1.37. The van der Waals surface area contributed by atoms with E-state index in [4.69, 9.17) is 0 Å². The average molecular weight is 283 g/mol. The summed E-state index contributed by atoms with van der Waals surface area (Å²) in [7, 11) is 0. The van der Waals surface area contributed by atoms with Crippen molar-refractivity contribution in [1.29, 1.82) is 0 Å². The van der Waals surface area contributed by atoms with Gasteiger partial charge in [-0.25, -0.2) is 0 Å². The molecule has 0 heterocycles. The Morgan fingerprint density at radius 3 is 2.52 bits per heavy atom. The molecule has 4 nitrogen and oxygen atoms in total. The molecule has 21 heavy (non-hydrogen) atoms. The molecule has 0 saturated carbocycles. The Morgan fingerprint density at radius 1 is 1.10 bits per heavy atom. The van der Waals surface area contributed by atoms with Crippen LogP contribution in [0.25, 0.3) is 0 Å². The minimum atomic E-state index is -1.23. The van der Waals surface area contributed by atoms with Crippen LogP contribution in [0.2, 0.25) is 0 Å². The molecule has 0 saturated heterocycles. The maximum atomic E-state index is 12.2. The van der Waals surface area contributed by atoms with Crippen LogP contribution in [0.5, 0.6) is 0 Å². The average Bonchev–Trinajstić information content (AvgIpc) is 2.83. The summed E-state index contributed by atoms with van der Waals surface area (Å²) in [6, 6.07) is 15.9. The van der Waals surface area contributed by atoms with E-state index in [0.29, 0.717) is 12.0 Å². The highest BCUT2D eigenvalue weighted by Gasteiger charge is 2.33. The van der Waals surface area contributed by atoms with E-state index in [-0.39, 0.29) is 0 Å². The van der Waals surface area contributed by atoms with Crippen LogP contribution in [0.1, 0.15) is 28.8 Å². The lowest BCUT2D eigenvalue weighted by molar-refractivity contribution is -0.131. The van der Waals surface area contributed by atoms with Gasteiger partial charge >= 0.3 is 0 Å². The largest absolute Gasteiger partial charge is 0.390 e. The summed E-state index contributed by atoms with van der Waals surface area (Å²) in [4.78, 5) is 12.2. The Morgan fingerprint density at radius 2 is 1.76 bits per heavy atom. The van der Waals surface area contributed by atoms with E-state index in [9.17, 15) is 15.0 Å². The van der Waals surface area contributed by atoms with E-state index in [1.54, 1.807) is 24.3 Å². The normalized spacial score (nSPS) is 21.6. The van der Waals surface area contributed by atoms with Crippen LogP contribution in [0.4, 0.5) is 0 Å². The molecule has 2 aromatic rings. The molecular formula is C17H17NO3. The molecule has 1 amide bonds. The third kappa shape index (κ3) is 2.68. The lowest BCUT2D eigenvalue weighted by atomic mass is 10.1. The number of hydrogen-bond acceptors (Lipinski definition) is 3. The molecule has 1 aliphatic rings. The van der Waals surface area contributed by atoms with Crippen molar-refractivity contribution in [2.75, 3.05) is 0 Å². The van der Waals surface area contributed by atoms with Crippen LogP contribution < -0.4 is 5.32 Å². The summed E-state index contributed by atoms with van der Waals surface area (Å²) < 4.78 is 0. The highest BCUT2D eigenvalue weighted by atomic mass is 16.3. The summed E-state index contributed by atoms with van der Waals surface area (Å²) in [6.45, 7) is 0. The van der Waals surface area contributed by atoms with Gasteiger partial charge in [0, 0.05) is 6.42 Å². The number of aliphatic hydroxyl groups is 2. The molecule has 3 atom stereocenters. The fourth-order valence-corrected chi connectivity index (χ4v) is 2.77. The van der Waals surface area contributed by atoms with Gasteiger partial charge in [-0.2, -0.15) is 0 Å². The van der Waals surface area contributed by atoms with E-state index in [0.717, 1.165) is 11.1 Å². The SMILES string of the molecule is O=C(N[C@@H]1c2ccccc2C[C@@H]1O)C(O)c1ccccc1. The number of hydrogen-bond donors (Lipinski definition) is 3. The first-order valence-corrected chi connectivity index (χ1v) is 6.96. The molecule has 3 N–H and O–H groups in total. The molecule has 108 valence electrons. The Balaban J connectivity index is 1.76. The molecular weight excluding hydrogens is 266 g/mol. The molecule has 0 aromatic heterocycles. The standard InChI is InChI=1S/C17H17NO3/c19-14-10-12-8-4-5-9-13(12)15(14)18-17(21)16(20)11-6-2-1-3-7-11/h1-9,14-16,19-20H,10H2,(H,18,21)/t14-,15+,16?/m0/s1. The minimum absolute atomic E-state index is 0.466. The predicted molar refractivity (Wildman–Crippen MR) is 78.4 cm³/mol. The van der Waals surface area contributed by atoms with Crippen molar-refractivity contribution in [3.05, 3.63) is 71.3 Å². The molecule has 0 aliphatic heterocycles. The Hall–Kier alpha value is -2.17. The third-order valence-electron chi connectivity index (χ3n) is 3.87. The van der Waals surface area contributed by atoms with Gasteiger partial charge in [0.2, 0.25) is 0 Å². The molecule has 1 aliphatic carbocycles. The van der Waals surface area contributed by atoms with Crippen molar-refractivity contribution in [3.63, 3.8) is 0 Å². The van der Waals surface area contributed by atoms with Crippen molar-refractivity contribution >= 4 is 5.91 Å². The predicted octanol–water partition coefficient (Wildman–Crippen LogP) is 1.49. The summed E-state index contributed by atoms with van der Waals surface area (Å²) in [5, 5.41) is 22.9. The molecule has 0 radical (unpaired) electrons. The zero-order valence-electron chi connectivity index (χ0n) is 11.4. The number of carbonyl (C=O) groups is 1. The number of rotatable bonds is 3. The smallest absolute Gasteiger partial charge is 0.254 e. The maximum absolute atomic E-state index is 12.2. The molecule has 0 spiro atoms. The molecule has 0 fully saturated rings. The fourth-order valence-electron chi connectivity index (χ4n) is 2.77. The zero-order valence-corrected chi connectivity index (χ0v) is 11.4. The number of amides is 1. The van der Waals surface area contributed by atoms with Gasteiger partial charge < -0.3 is 15.5 Å². The lowest BCUT2D eigenvalue weighted by Crippen LogP contribution is -2.37. The van der Waals surface area contributed by atoms with Crippen LogP contribution in [0.3, 0.4) is 0 Å². The van der Waals surface area contributed by atoms with Crippen molar-refractivity contribution in [2.24, 2.45) is 0 Å². The van der Waals surface area contributed by atoms with E-state index < -0.39 is 24.2 Å². The van der Waals surface area contributed by atoms with Crippen LogP contribution >= 0.6 is 0 Å². The van der Waals surface area contributed by atoms with Crippen LogP contribution in [-0.4, -0.2) is 22.2 Å². The maximum Gasteiger partial charge on any atom is 0.254 e. The van der Waals surface area contributed by atoms with Gasteiger partial charge in [0.05, 0.1) is 12.1 Å². The van der Waals surface area contributed by atoms with Gasteiger partial charge in [-0.15, -0.1) is 0 Å². The van der Waals surface area contributed by atoms with Gasteiger partial charge in [-0.3, -0.25) is 4.79 Å². The quantitative estimate of drug-likeness (QED) is 0.799. The first kappa shape index (κ1) is 13.8. The number of carbonyl (C=O) groups excluding carboxylic acids is 1. The molecule has 3 rings (SSSR count). The Kier molecular flexibility index (Phi) is 3.73. The van der Waals surface area contributed by atoms with E-state index in [1.807, 2.05) is 30.3 Å². The Labute approximate surface area is 123 Å². The second kappa shape index (κ2) is 5.68. The van der Waals surface area contributed by atoms with Crippen LogP contribution in [0.15, 0.2) is 54.6 Å². The topological polar surface area (TPSA) is 69.6 Å². The monoisotopic (exact) mass is 283 g/mol. The number of nitrogens with one attached hydrogen (secondary N) is 1. The van der Waals surface area contributed by atoms with E-state index in [2.05, 4.69) is 5.32 Å². The van der Waals surface area contributed by atoms with Gasteiger partial charge in [0.25, 0.3) is 5.91 Å². The number of fused-ring (bicyclic) bond motifs is 1. The Bertz CT molecular complexity index is 641. The first-order chi connectivity index (χ1) is 10.2. The van der Waals surface area contributed by atoms with Gasteiger partial charge in [0.15, 0.2) is 6.10 Å². The van der Waals surface area contributed by atoms with E-state index >= 15 is 0 Å². The summed E-state index contributed by atoms with van der Waals surface area (Å²) in [5.41, 5.74) is 2.49. The minimum Gasteiger partial charge on any atom is -0.390 e. The second-order valence-electron chi connectivity index (χ2n) is 5.27. The van der Waals surface area contributed by atoms with Crippen LogP contribution in [-0.2, 0) is 11.2 Å². The first-order valence-electron chi connectivity index (χ1n) is 6.96. The van der Waals surface area contributed by atoms with Gasteiger partial charge in [0.1, 0.15) is 0 Å². The second-order valence-corrected chi connectivity index (χ2v) is 5.27. The molecule has 4 heteroatoms. The third-order valence-corrected chi connectivity index (χ3v) is 3.87. The van der Waals surface area contributed by atoms with Gasteiger partial charge in [-0.05, 0) is 16.7 Å². The highest BCUT2D eigenvalue weighted by molar-refractivity contribution is 5.82. The molecule has 1 unspecified atom stereocenters.